The molecule has 0 spiro atoms. The summed E-state index contributed by atoms with van der Waals surface area (Å²) in [6, 6.07) is 15.6. The quantitative estimate of drug-likeness (QED) is 0.854. The molecular weight excluding hydrogens is 262 g/mol. The highest BCUT2D eigenvalue weighted by Crippen LogP contribution is 2.16. The first-order valence-electron chi connectivity index (χ1n) is 6.83. The number of rotatable bonds is 5. The van der Waals surface area contributed by atoms with Gasteiger partial charge in [-0.15, -0.1) is 0 Å². The van der Waals surface area contributed by atoms with E-state index in [4.69, 9.17) is 4.74 Å². The average Bonchev–Trinajstić information content (AvgIpc) is 2.51. The number of carbonyl (C=O) groups excluding carboxylic acids is 1. The minimum atomic E-state index is -0.123. The van der Waals surface area contributed by atoms with E-state index in [-0.39, 0.29) is 5.91 Å². The van der Waals surface area contributed by atoms with E-state index >= 15 is 0 Å². The second-order valence-electron chi connectivity index (χ2n) is 4.78. The van der Waals surface area contributed by atoms with Gasteiger partial charge in [0.25, 0.3) is 0 Å². The molecule has 0 aliphatic rings. The largest absolute Gasteiger partial charge is 0.496 e. The van der Waals surface area contributed by atoms with E-state index < -0.39 is 0 Å². The monoisotopic (exact) mass is 281 g/mol. The Bertz CT molecular complexity index is 647. The van der Waals surface area contributed by atoms with Crippen LogP contribution in [0.4, 0.5) is 0 Å². The second-order valence-corrected chi connectivity index (χ2v) is 4.78. The lowest BCUT2D eigenvalue weighted by molar-refractivity contribution is -0.116. The molecule has 0 aliphatic heterocycles. The molecule has 2 aromatic carbocycles. The van der Waals surface area contributed by atoms with Crippen LogP contribution in [0, 0.1) is 6.92 Å². The van der Waals surface area contributed by atoms with Gasteiger partial charge in [-0.3, -0.25) is 4.79 Å². The van der Waals surface area contributed by atoms with Crippen LogP contribution < -0.4 is 10.1 Å². The van der Waals surface area contributed by atoms with Gasteiger partial charge >= 0.3 is 0 Å². The van der Waals surface area contributed by atoms with Gasteiger partial charge in [-0.2, -0.15) is 0 Å². The van der Waals surface area contributed by atoms with Crippen LogP contribution in [0.2, 0.25) is 0 Å². The molecule has 0 aromatic heterocycles. The molecule has 3 nitrogen and oxygen atoms in total. The maximum absolute atomic E-state index is 11.8. The molecule has 0 bridgehead atoms. The van der Waals surface area contributed by atoms with Crippen LogP contribution in [-0.2, 0) is 11.3 Å². The number of ether oxygens (including phenoxy) is 1. The van der Waals surface area contributed by atoms with Crippen LogP contribution in [0.25, 0.3) is 6.08 Å². The highest BCUT2D eigenvalue weighted by atomic mass is 16.5. The third-order valence-corrected chi connectivity index (χ3v) is 3.11. The molecule has 0 unspecified atom stereocenters. The lowest BCUT2D eigenvalue weighted by Crippen LogP contribution is -2.20. The van der Waals surface area contributed by atoms with E-state index in [1.807, 2.05) is 61.5 Å². The van der Waals surface area contributed by atoms with Gasteiger partial charge in [0.05, 0.1) is 7.11 Å². The van der Waals surface area contributed by atoms with Gasteiger partial charge in [-0.25, -0.2) is 0 Å². The van der Waals surface area contributed by atoms with Crippen LogP contribution in [-0.4, -0.2) is 13.0 Å². The summed E-state index contributed by atoms with van der Waals surface area (Å²) in [5.74, 6) is 0.655. The van der Waals surface area contributed by atoms with Gasteiger partial charge in [0.1, 0.15) is 5.75 Å². The molecule has 1 amide bonds. The molecule has 1 N–H and O–H groups in total. The Kier molecular flexibility index (Phi) is 5.16. The van der Waals surface area contributed by atoms with E-state index in [9.17, 15) is 4.79 Å². The zero-order valence-electron chi connectivity index (χ0n) is 12.3. The van der Waals surface area contributed by atoms with E-state index in [0.29, 0.717) is 6.54 Å². The minimum Gasteiger partial charge on any atom is -0.496 e. The fourth-order valence-corrected chi connectivity index (χ4v) is 2.04. The molecule has 2 aromatic rings. The van der Waals surface area contributed by atoms with Crippen molar-refractivity contribution in [2.75, 3.05) is 7.11 Å². The summed E-state index contributed by atoms with van der Waals surface area (Å²) < 4.78 is 5.25. The van der Waals surface area contributed by atoms with Crippen molar-refractivity contribution in [3.05, 3.63) is 71.3 Å². The Hall–Kier alpha value is -2.55. The first-order valence-corrected chi connectivity index (χ1v) is 6.83. The fraction of sp³-hybridized carbons (Fsp3) is 0.167. The summed E-state index contributed by atoms with van der Waals surface area (Å²) in [5, 5.41) is 2.85. The van der Waals surface area contributed by atoms with E-state index in [1.54, 1.807) is 13.2 Å². The first kappa shape index (κ1) is 14.9. The van der Waals surface area contributed by atoms with Crippen LogP contribution >= 0.6 is 0 Å². The van der Waals surface area contributed by atoms with Crippen molar-refractivity contribution in [2.45, 2.75) is 13.5 Å². The Morgan fingerprint density at radius 3 is 2.76 bits per heavy atom. The second kappa shape index (κ2) is 7.29. The number of aryl methyl sites for hydroxylation is 1. The molecule has 108 valence electrons. The van der Waals surface area contributed by atoms with Crippen molar-refractivity contribution in [3.8, 4) is 5.75 Å². The molecule has 3 heteroatoms. The maximum atomic E-state index is 11.8. The average molecular weight is 281 g/mol. The van der Waals surface area contributed by atoms with Gasteiger partial charge in [-0.1, -0.05) is 48.0 Å². The minimum absolute atomic E-state index is 0.123. The number of hydrogen-bond acceptors (Lipinski definition) is 2. The molecule has 0 saturated carbocycles. The van der Waals surface area contributed by atoms with Gasteiger partial charge in [0.2, 0.25) is 5.91 Å². The smallest absolute Gasteiger partial charge is 0.244 e. The Morgan fingerprint density at radius 1 is 1.19 bits per heavy atom. The number of nitrogens with one attached hydrogen (secondary N) is 1. The topological polar surface area (TPSA) is 38.3 Å². The number of carbonyl (C=O) groups is 1. The fourth-order valence-electron chi connectivity index (χ4n) is 2.04. The van der Waals surface area contributed by atoms with E-state index in [0.717, 1.165) is 16.9 Å². The van der Waals surface area contributed by atoms with Crippen LogP contribution in [0.1, 0.15) is 16.7 Å². The van der Waals surface area contributed by atoms with Crippen molar-refractivity contribution >= 4 is 12.0 Å². The lowest BCUT2D eigenvalue weighted by atomic mass is 10.1. The Labute approximate surface area is 125 Å². The van der Waals surface area contributed by atoms with Crippen molar-refractivity contribution in [2.24, 2.45) is 0 Å². The zero-order chi connectivity index (χ0) is 15.1. The molecule has 0 fully saturated rings. The van der Waals surface area contributed by atoms with Crippen molar-refractivity contribution < 1.29 is 9.53 Å². The molecule has 21 heavy (non-hydrogen) atoms. The predicted octanol–water partition coefficient (Wildman–Crippen LogP) is 3.33. The molecular formula is C18H19NO2. The van der Waals surface area contributed by atoms with Crippen molar-refractivity contribution in [1.82, 2.24) is 5.32 Å². The molecule has 0 aliphatic carbocycles. The van der Waals surface area contributed by atoms with Gasteiger partial charge in [0.15, 0.2) is 0 Å². The van der Waals surface area contributed by atoms with Crippen LogP contribution in [0.15, 0.2) is 54.6 Å². The van der Waals surface area contributed by atoms with Gasteiger partial charge in [-0.05, 0) is 24.6 Å². The molecule has 0 saturated heterocycles. The lowest BCUT2D eigenvalue weighted by Gasteiger charge is -2.08. The van der Waals surface area contributed by atoms with Crippen molar-refractivity contribution in [1.29, 1.82) is 0 Å². The number of hydrogen-bond donors (Lipinski definition) is 1. The van der Waals surface area contributed by atoms with E-state index in [2.05, 4.69) is 5.32 Å². The maximum Gasteiger partial charge on any atom is 0.244 e. The number of amides is 1. The number of methoxy groups -OCH3 is 1. The summed E-state index contributed by atoms with van der Waals surface area (Å²) in [4.78, 5) is 11.8. The predicted molar refractivity (Wildman–Crippen MR) is 85.1 cm³/mol. The normalized spacial score (nSPS) is 10.6. The number of benzene rings is 2. The third-order valence-electron chi connectivity index (χ3n) is 3.11. The summed E-state index contributed by atoms with van der Waals surface area (Å²) in [5.41, 5.74) is 3.14. The number of para-hydroxylation sites is 1. The van der Waals surface area contributed by atoms with Crippen LogP contribution in [0.5, 0.6) is 5.75 Å². The molecule has 2 rings (SSSR count). The molecule has 0 radical (unpaired) electrons. The van der Waals surface area contributed by atoms with Crippen molar-refractivity contribution in [3.63, 3.8) is 0 Å². The summed E-state index contributed by atoms with van der Waals surface area (Å²) in [6.45, 7) is 2.47. The summed E-state index contributed by atoms with van der Waals surface area (Å²) >= 11 is 0. The van der Waals surface area contributed by atoms with Crippen LogP contribution in [0.3, 0.4) is 0 Å². The molecule has 0 heterocycles. The Balaban J connectivity index is 1.93. The Morgan fingerprint density at radius 2 is 2.00 bits per heavy atom. The zero-order valence-corrected chi connectivity index (χ0v) is 12.3. The SMILES string of the molecule is COc1ccccc1CNC(=O)/C=C/c1cccc(C)c1. The summed E-state index contributed by atoms with van der Waals surface area (Å²) in [6.07, 6.45) is 3.36. The third kappa shape index (κ3) is 4.49. The molecule has 0 atom stereocenters. The van der Waals surface area contributed by atoms with E-state index in [1.165, 1.54) is 5.56 Å². The highest BCUT2D eigenvalue weighted by Gasteiger charge is 2.02. The van der Waals surface area contributed by atoms with Gasteiger partial charge < -0.3 is 10.1 Å². The highest BCUT2D eigenvalue weighted by molar-refractivity contribution is 5.91. The standard InChI is InChI=1S/C18H19NO2/c1-14-6-5-7-15(12-14)10-11-18(20)19-13-16-8-3-4-9-17(16)21-2/h3-12H,13H2,1-2H3,(H,19,20)/b11-10+. The first-order chi connectivity index (χ1) is 10.2. The van der Waals surface area contributed by atoms with Gasteiger partial charge in [0, 0.05) is 18.2 Å². The summed E-state index contributed by atoms with van der Waals surface area (Å²) in [7, 11) is 1.62.